The minimum absolute atomic E-state index is 0.0508. The van der Waals surface area contributed by atoms with Crippen molar-refractivity contribution in [1.29, 1.82) is 0 Å². The van der Waals surface area contributed by atoms with Crippen molar-refractivity contribution in [3.63, 3.8) is 0 Å². The molecule has 3 N–H and O–H groups in total. The lowest BCUT2D eigenvalue weighted by molar-refractivity contribution is -0.161. The van der Waals surface area contributed by atoms with Gasteiger partial charge in [-0.3, -0.25) is 37.3 Å². The van der Waals surface area contributed by atoms with Crippen molar-refractivity contribution in [2.24, 2.45) is 0 Å². The van der Waals surface area contributed by atoms with E-state index in [-0.39, 0.29) is 25.7 Å². The Morgan fingerprint density at radius 2 is 0.538 bits per heavy atom. The largest absolute Gasteiger partial charge is 0.472 e. The molecule has 0 heterocycles. The highest BCUT2D eigenvalue weighted by Crippen LogP contribution is 2.45. The lowest BCUT2D eigenvalue weighted by Gasteiger charge is -2.21. The summed E-state index contributed by atoms with van der Waals surface area (Å²) in [6.07, 6.45) is 88.3. The minimum atomic E-state index is -5.01. The summed E-state index contributed by atoms with van der Waals surface area (Å²) in [6, 6.07) is 0. The molecule has 0 spiro atoms. The second kappa shape index (κ2) is 75.9. The highest BCUT2D eigenvalue weighted by atomic mass is 31.2. The van der Waals surface area contributed by atoms with Crippen LogP contribution in [0, 0.1) is 0 Å². The van der Waals surface area contributed by atoms with Crippen molar-refractivity contribution in [3.05, 3.63) is 158 Å². The van der Waals surface area contributed by atoms with Crippen molar-refractivity contribution in [3.8, 4) is 0 Å². The first-order valence-corrected chi connectivity index (χ1v) is 42.7. The summed E-state index contributed by atoms with van der Waals surface area (Å²) >= 11 is 0. The van der Waals surface area contributed by atoms with Crippen LogP contribution in [0.5, 0.6) is 0 Å². The Morgan fingerprint density at radius 1 is 0.288 bits per heavy atom. The van der Waals surface area contributed by atoms with Gasteiger partial charge in [0.15, 0.2) is 12.2 Å². The Morgan fingerprint density at radius 3 is 0.865 bits per heavy atom. The summed E-state index contributed by atoms with van der Waals surface area (Å²) in [5.41, 5.74) is 0. The molecule has 5 atom stereocenters. The maximum Gasteiger partial charge on any atom is 0.472 e. The van der Waals surface area contributed by atoms with Crippen LogP contribution in [0.3, 0.4) is 0 Å². The highest BCUT2D eigenvalue weighted by Gasteiger charge is 2.30. The van der Waals surface area contributed by atoms with Crippen LogP contribution in [0.2, 0.25) is 0 Å². The van der Waals surface area contributed by atoms with Gasteiger partial charge in [0, 0.05) is 19.3 Å². The van der Waals surface area contributed by atoms with Gasteiger partial charge in [0.25, 0.3) is 0 Å². The zero-order chi connectivity index (χ0) is 76.0. The van der Waals surface area contributed by atoms with Crippen molar-refractivity contribution < 1.29 is 80.2 Å². The monoisotopic (exact) mass is 1490 g/mol. The van der Waals surface area contributed by atoms with Crippen molar-refractivity contribution >= 4 is 39.5 Å². The Kier molecular flexibility index (Phi) is 72.0. The maximum absolute atomic E-state index is 13.1. The molecular weight excluding hydrogens is 1350 g/mol. The number of phosphoric ester groups is 2. The normalized spacial score (nSPS) is 14.7. The van der Waals surface area contributed by atoms with Gasteiger partial charge in [-0.2, -0.15) is 0 Å². The third kappa shape index (κ3) is 74.9. The predicted octanol–water partition coefficient (Wildman–Crippen LogP) is 23.2. The number of aliphatic hydroxyl groups is 1. The average Bonchev–Trinajstić information content (AvgIpc) is 0.918. The van der Waals surface area contributed by atoms with Gasteiger partial charge in [-0.25, -0.2) is 9.13 Å². The SMILES string of the molecule is CC/C=C\C/C=C\C/C=C\C/C=C\C/C=C\CCCCCC(=O)OCC(COP(=O)(O)OCC(O)COP(=O)(O)OCC(COC(=O)C/C=C\C/C=C\C/C=C\C/C=C\C/C=C\CC)OC(=O)CCCCCCC/C=C\C/C=C\C/C=C\CC)OC(=O)CCCCCCCCCCCCCCCCC. The van der Waals surface area contributed by atoms with E-state index in [1.54, 1.807) is 6.08 Å². The zero-order valence-electron chi connectivity index (χ0n) is 64.6. The number of rotatable bonds is 73. The molecule has 0 aromatic rings. The first-order chi connectivity index (χ1) is 50.7. The molecule has 0 saturated carbocycles. The van der Waals surface area contributed by atoms with E-state index in [9.17, 15) is 43.2 Å². The Balaban J connectivity index is 5.47. The predicted molar refractivity (Wildman–Crippen MR) is 427 cm³/mol. The van der Waals surface area contributed by atoms with E-state index in [2.05, 4.69) is 161 Å². The zero-order valence-corrected chi connectivity index (χ0v) is 66.4. The van der Waals surface area contributed by atoms with Gasteiger partial charge >= 0.3 is 39.5 Å². The van der Waals surface area contributed by atoms with Crippen LogP contribution in [0.25, 0.3) is 0 Å². The smallest absolute Gasteiger partial charge is 0.462 e. The molecular formula is C85H140O17P2. The molecule has 0 aliphatic heterocycles. The van der Waals surface area contributed by atoms with E-state index in [1.807, 2.05) is 18.2 Å². The molecule has 0 aliphatic rings. The molecule has 104 heavy (non-hydrogen) atoms. The number of carbonyl (C=O) groups excluding carboxylic acids is 4. The standard InChI is InChI=1S/C85H140O17P2/c1-5-9-13-17-21-25-29-33-37-38-39-40-44-46-50-54-58-62-66-70-83(88)96-76-81(102-85(90)72-68-64-60-56-52-48-43-36-32-28-24-20-16-12-8-4)78-100-104(93,94)98-74-79(86)73-97-103(91,92)99-77-80(101-84(89)71-67-63-59-55-51-47-42-35-31-27-23-19-15-11-7-3)75-95-82(87)69-65-61-57-53-49-45-41-34-30-26-22-18-14-10-6-2/h9-11,13-15,21-23,25-27,33-35,37,39-42,46,49-50,53,61,65,79-81,86H,5-8,12,16-20,24,28-32,36,38,43-45,47-48,51-52,54-60,62-64,66-78H2,1-4H3,(H,91,92)(H,93,94)/b13-9-,14-10-,15-11-,25-21-,26-22-,27-23-,37-33-,40-39-,41-34-,42-35-,50-46-,53-49-,65-61-. The lowest BCUT2D eigenvalue weighted by Crippen LogP contribution is -2.30. The third-order valence-electron chi connectivity index (χ3n) is 16.0. The van der Waals surface area contributed by atoms with Gasteiger partial charge in [-0.1, -0.05) is 301 Å². The molecule has 17 nitrogen and oxygen atoms in total. The number of esters is 4. The fraction of sp³-hybridized carbons (Fsp3) is 0.647. The first kappa shape index (κ1) is 98.7. The molecule has 0 amide bonds. The summed E-state index contributed by atoms with van der Waals surface area (Å²) in [7, 11) is -10.0. The Labute approximate surface area is 629 Å². The molecule has 0 rings (SSSR count). The van der Waals surface area contributed by atoms with Gasteiger partial charge in [-0.15, -0.1) is 0 Å². The molecule has 592 valence electrons. The molecule has 19 heteroatoms. The fourth-order valence-corrected chi connectivity index (χ4v) is 11.7. The number of hydrogen-bond donors (Lipinski definition) is 3. The second-order valence-corrected chi connectivity index (χ2v) is 28.8. The van der Waals surface area contributed by atoms with Gasteiger partial charge in [0.05, 0.1) is 32.8 Å². The van der Waals surface area contributed by atoms with Crippen LogP contribution < -0.4 is 0 Å². The van der Waals surface area contributed by atoms with Gasteiger partial charge in [0.1, 0.15) is 19.3 Å². The maximum atomic E-state index is 13.1. The number of unbranched alkanes of at least 4 members (excludes halogenated alkanes) is 22. The van der Waals surface area contributed by atoms with Crippen LogP contribution >= 0.6 is 15.6 Å². The Hall–Kier alpha value is -5.32. The third-order valence-corrected chi connectivity index (χ3v) is 17.9. The summed E-state index contributed by atoms with van der Waals surface area (Å²) in [5.74, 6) is -2.38. The van der Waals surface area contributed by atoms with Crippen LogP contribution in [-0.2, 0) is 65.4 Å². The molecule has 0 aromatic carbocycles. The topological polar surface area (TPSA) is 237 Å². The molecule has 0 radical (unpaired) electrons. The van der Waals surface area contributed by atoms with E-state index in [1.165, 1.54) is 64.2 Å². The summed E-state index contributed by atoms with van der Waals surface area (Å²) in [4.78, 5) is 73.0. The highest BCUT2D eigenvalue weighted by molar-refractivity contribution is 7.47. The van der Waals surface area contributed by atoms with E-state index in [0.29, 0.717) is 25.7 Å². The summed E-state index contributed by atoms with van der Waals surface area (Å²) in [6.45, 7) is 4.37. The fourth-order valence-electron chi connectivity index (χ4n) is 10.1. The summed E-state index contributed by atoms with van der Waals surface area (Å²) in [5, 5.41) is 10.6. The molecule has 0 fully saturated rings. The lowest BCUT2D eigenvalue weighted by atomic mass is 10.0. The molecule has 0 bridgehead atoms. The molecule has 0 aromatic heterocycles. The van der Waals surface area contributed by atoms with E-state index in [4.69, 9.17) is 37.0 Å². The Bertz CT molecular complexity index is 2590. The number of ether oxygens (including phenoxy) is 4. The molecule has 5 unspecified atom stereocenters. The molecule has 0 aliphatic carbocycles. The second-order valence-electron chi connectivity index (χ2n) is 25.9. The average molecular weight is 1500 g/mol. The number of carbonyl (C=O) groups is 4. The van der Waals surface area contributed by atoms with E-state index in [0.717, 1.165) is 154 Å². The minimum Gasteiger partial charge on any atom is -0.462 e. The first-order valence-electron chi connectivity index (χ1n) is 39.7. The number of phosphoric acid groups is 2. The number of allylic oxidation sites excluding steroid dienone is 25. The van der Waals surface area contributed by atoms with Crippen molar-refractivity contribution in [2.45, 2.75) is 316 Å². The van der Waals surface area contributed by atoms with Crippen LogP contribution in [0.1, 0.15) is 297 Å². The molecule has 0 saturated heterocycles. The quantitative estimate of drug-likeness (QED) is 0.0169. The van der Waals surface area contributed by atoms with E-state index >= 15 is 0 Å². The number of hydrogen-bond acceptors (Lipinski definition) is 15. The van der Waals surface area contributed by atoms with Crippen LogP contribution in [0.4, 0.5) is 0 Å². The van der Waals surface area contributed by atoms with Gasteiger partial charge in [0.2, 0.25) is 0 Å². The van der Waals surface area contributed by atoms with E-state index < -0.39 is 97.5 Å². The van der Waals surface area contributed by atoms with Crippen molar-refractivity contribution in [2.75, 3.05) is 39.6 Å². The van der Waals surface area contributed by atoms with Gasteiger partial charge < -0.3 is 33.8 Å². The van der Waals surface area contributed by atoms with Crippen LogP contribution in [-0.4, -0.2) is 96.7 Å². The van der Waals surface area contributed by atoms with Crippen LogP contribution in [0.15, 0.2) is 158 Å². The van der Waals surface area contributed by atoms with Crippen molar-refractivity contribution in [1.82, 2.24) is 0 Å². The van der Waals surface area contributed by atoms with Gasteiger partial charge in [-0.05, 0) is 128 Å². The summed E-state index contributed by atoms with van der Waals surface area (Å²) < 4.78 is 68.4. The number of aliphatic hydroxyl groups excluding tert-OH is 1.